The molecule has 2 heterocycles. The molecule has 0 saturated carbocycles. The van der Waals surface area contributed by atoms with Gasteiger partial charge >= 0.3 is 0 Å². The highest BCUT2D eigenvalue weighted by Gasteiger charge is 2.17. The van der Waals surface area contributed by atoms with Crippen LogP contribution in [0.5, 0.6) is 5.75 Å². The summed E-state index contributed by atoms with van der Waals surface area (Å²) in [6.07, 6.45) is 5.42. The SMILES string of the molecule is Cc1ccc(C)c(OCCON=C(N)c2cccnc2N2CCCCC2)c1. The standard InChI is InChI=1S/C21H28N4O2/c1-16-8-9-17(2)19(15-16)26-13-14-27-24-20(22)18-7-6-10-23-21(18)25-11-4-3-5-12-25/h6-10,15H,3-5,11-14H2,1-2H3,(H2,22,24). The average molecular weight is 368 g/mol. The van der Waals surface area contributed by atoms with Gasteiger partial charge in [0.05, 0.1) is 5.56 Å². The number of oxime groups is 1. The van der Waals surface area contributed by atoms with Crippen molar-refractivity contribution in [1.82, 2.24) is 4.98 Å². The molecule has 6 heteroatoms. The van der Waals surface area contributed by atoms with Crippen molar-refractivity contribution in [3.05, 3.63) is 53.2 Å². The second-order valence-corrected chi connectivity index (χ2v) is 6.85. The van der Waals surface area contributed by atoms with E-state index in [0.29, 0.717) is 19.0 Å². The lowest BCUT2D eigenvalue weighted by Crippen LogP contribution is -2.32. The van der Waals surface area contributed by atoms with Crippen molar-refractivity contribution in [1.29, 1.82) is 0 Å². The normalized spacial score (nSPS) is 14.9. The molecule has 0 unspecified atom stereocenters. The Hall–Kier alpha value is -2.76. The molecule has 1 saturated heterocycles. The summed E-state index contributed by atoms with van der Waals surface area (Å²) in [4.78, 5) is 12.2. The first-order chi connectivity index (χ1) is 13.1. The van der Waals surface area contributed by atoms with Gasteiger partial charge < -0.3 is 20.2 Å². The number of aromatic nitrogens is 1. The van der Waals surface area contributed by atoms with E-state index in [0.717, 1.165) is 35.8 Å². The fourth-order valence-electron chi connectivity index (χ4n) is 3.17. The fourth-order valence-corrected chi connectivity index (χ4v) is 3.17. The quantitative estimate of drug-likeness (QED) is 0.351. The first kappa shape index (κ1) is 19.0. The summed E-state index contributed by atoms with van der Waals surface area (Å²) in [6, 6.07) is 9.94. The van der Waals surface area contributed by atoms with Gasteiger partial charge in [0.2, 0.25) is 0 Å². The van der Waals surface area contributed by atoms with Crippen molar-refractivity contribution in [3.8, 4) is 5.75 Å². The third kappa shape index (κ3) is 5.12. The molecule has 0 amide bonds. The first-order valence-electron chi connectivity index (χ1n) is 9.51. The van der Waals surface area contributed by atoms with Crippen LogP contribution >= 0.6 is 0 Å². The topological polar surface area (TPSA) is 73.0 Å². The molecule has 144 valence electrons. The Balaban J connectivity index is 1.56. The highest BCUT2D eigenvalue weighted by Crippen LogP contribution is 2.21. The third-order valence-corrected chi connectivity index (χ3v) is 4.66. The molecule has 1 aliphatic heterocycles. The van der Waals surface area contributed by atoms with E-state index in [9.17, 15) is 0 Å². The van der Waals surface area contributed by atoms with Crippen molar-refractivity contribution < 1.29 is 9.57 Å². The Morgan fingerprint density at radius 3 is 2.78 bits per heavy atom. The van der Waals surface area contributed by atoms with E-state index in [1.807, 2.05) is 38.1 Å². The van der Waals surface area contributed by atoms with Crippen molar-refractivity contribution >= 4 is 11.7 Å². The molecule has 0 spiro atoms. The minimum absolute atomic E-state index is 0.327. The second kappa shape index (κ2) is 9.26. The second-order valence-electron chi connectivity index (χ2n) is 6.85. The van der Waals surface area contributed by atoms with E-state index in [1.54, 1.807) is 6.20 Å². The number of benzene rings is 1. The lowest BCUT2D eigenvalue weighted by molar-refractivity contribution is 0.107. The smallest absolute Gasteiger partial charge is 0.174 e. The number of pyridine rings is 1. The van der Waals surface area contributed by atoms with E-state index in [1.165, 1.54) is 24.8 Å². The predicted octanol–water partition coefficient (Wildman–Crippen LogP) is 3.40. The number of nitrogens with two attached hydrogens (primary N) is 1. The lowest BCUT2D eigenvalue weighted by atomic mass is 10.1. The number of hydrogen-bond acceptors (Lipinski definition) is 5. The van der Waals surface area contributed by atoms with Crippen LogP contribution in [0, 0.1) is 13.8 Å². The maximum Gasteiger partial charge on any atom is 0.174 e. The van der Waals surface area contributed by atoms with Gasteiger partial charge in [0.15, 0.2) is 12.4 Å². The van der Waals surface area contributed by atoms with Crippen LogP contribution in [0.4, 0.5) is 5.82 Å². The molecule has 1 aromatic heterocycles. The number of piperidine rings is 1. The van der Waals surface area contributed by atoms with Gasteiger partial charge in [0.1, 0.15) is 18.2 Å². The van der Waals surface area contributed by atoms with E-state index < -0.39 is 0 Å². The monoisotopic (exact) mass is 368 g/mol. The number of anilines is 1. The third-order valence-electron chi connectivity index (χ3n) is 4.66. The Morgan fingerprint density at radius 2 is 1.96 bits per heavy atom. The zero-order valence-electron chi connectivity index (χ0n) is 16.1. The van der Waals surface area contributed by atoms with Crippen LogP contribution in [0.3, 0.4) is 0 Å². The number of nitrogens with zero attached hydrogens (tertiary/aromatic N) is 3. The molecule has 0 atom stereocenters. The molecule has 1 aromatic carbocycles. The summed E-state index contributed by atoms with van der Waals surface area (Å²) >= 11 is 0. The molecule has 1 fully saturated rings. The number of amidine groups is 1. The Bertz CT molecular complexity index is 786. The van der Waals surface area contributed by atoms with Crippen molar-refractivity contribution in [2.24, 2.45) is 10.9 Å². The highest BCUT2D eigenvalue weighted by molar-refractivity contribution is 6.01. The maximum absolute atomic E-state index is 6.16. The molecule has 0 bridgehead atoms. The first-order valence-corrected chi connectivity index (χ1v) is 9.51. The van der Waals surface area contributed by atoms with Crippen LogP contribution in [0.15, 0.2) is 41.7 Å². The van der Waals surface area contributed by atoms with Crippen molar-refractivity contribution in [2.75, 3.05) is 31.2 Å². The van der Waals surface area contributed by atoms with Crippen LogP contribution in [0.1, 0.15) is 36.0 Å². The maximum atomic E-state index is 6.16. The van der Waals surface area contributed by atoms with E-state index in [-0.39, 0.29) is 0 Å². The van der Waals surface area contributed by atoms with Gasteiger partial charge in [-0.3, -0.25) is 0 Å². The minimum Gasteiger partial charge on any atom is -0.490 e. The van der Waals surface area contributed by atoms with Crippen LogP contribution in [-0.4, -0.2) is 37.1 Å². The highest BCUT2D eigenvalue weighted by atomic mass is 16.6. The summed E-state index contributed by atoms with van der Waals surface area (Å²) < 4.78 is 5.77. The van der Waals surface area contributed by atoms with Gasteiger partial charge in [0.25, 0.3) is 0 Å². The van der Waals surface area contributed by atoms with Gasteiger partial charge in [-0.05, 0) is 62.4 Å². The van der Waals surface area contributed by atoms with Crippen molar-refractivity contribution in [2.45, 2.75) is 33.1 Å². The molecular weight excluding hydrogens is 340 g/mol. The number of ether oxygens (including phenoxy) is 1. The molecule has 1 aliphatic rings. The lowest BCUT2D eigenvalue weighted by Gasteiger charge is -2.29. The molecule has 6 nitrogen and oxygen atoms in total. The van der Waals surface area contributed by atoms with Gasteiger partial charge in [-0.2, -0.15) is 0 Å². The molecule has 27 heavy (non-hydrogen) atoms. The van der Waals surface area contributed by atoms with Crippen LogP contribution in [0.25, 0.3) is 0 Å². The molecule has 0 radical (unpaired) electrons. The summed E-state index contributed by atoms with van der Waals surface area (Å²) in [5, 5.41) is 4.07. The van der Waals surface area contributed by atoms with Crippen LogP contribution in [-0.2, 0) is 4.84 Å². The predicted molar refractivity (Wildman–Crippen MR) is 108 cm³/mol. The average Bonchev–Trinajstić information content (AvgIpc) is 2.70. The summed E-state index contributed by atoms with van der Waals surface area (Å²) in [5.74, 6) is 2.10. The van der Waals surface area contributed by atoms with Gasteiger partial charge in [-0.1, -0.05) is 17.3 Å². The Kier molecular flexibility index (Phi) is 6.52. The zero-order valence-corrected chi connectivity index (χ0v) is 16.1. The largest absolute Gasteiger partial charge is 0.490 e. The minimum atomic E-state index is 0.327. The van der Waals surface area contributed by atoms with Crippen molar-refractivity contribution in [3.63, 3.8) is 0 Å². The number of aryl methyl sites for hydroxylation is 2. The van der Waals surface area contributed by atoms with Crippen LogP contribution < -0.4 is 15.4 Å². The zero-order chi connectivity index (χ0) is 19.1. The molecule has 2 N–H and O–H groups in total. The Labute approximate surface area is 161 Å². The molecular formula is C21H28N4O2. The summed E-state index contributed by atoms with van der Waals surface area (Å²) in [5.41, 5.74) is 9.24. The van der Waals surface area contributed by atoms with E-state index in [2.05, 4.69) is 21.1 Å². The number of rotatable bonds is 7. The summed E-state index contributed by atoms with van der Waals surface area (Å²) in [6.45, 7) is 6.81. The molecule has 2 aromatic rings. The molecule has 3 rings (SSSR count). The number of hydrogen-bond donors (Lipinski definition) is 1. The van der Waals surface area contributed by atoms with E-state index in [4.69, 9.17) is 15.3 Å². The van der Waals surface area contributed by atoms with E-state index >= 15 is 0 Å². The molecule has 0 aliphatic carbocycles. The van der Waals surface area contributed by atoms with Gasteiger partial charge in [-0.15, -0.1) is 0 Å². The van der Waals surface area contributed by atoms with Crippen LogP contribution in [0.2, 0.25) is 0 Å². The summed E-state index contributed by atoms with van der Waals surface area (Å²) in [7, 11) is 0. The van der Waals surface area contributed by atoms with Gasteiger partial charge in [0, 0.05) is 19.3 Å². The Morgan fingerprint density at radius 1 is 1.15 bits per heavy atom. The fraction of sp³-hybridized carbons (Fsp3) is 0.429. The van der Waals surface area contributed by atoms with Gasteiger partial charge in [-0.25, -0.2) is 4.98 Å².